The number of aliphatic hydroxyl groups is 1. The van der Waals surface area contributed by atoms with Gasteiger partial charge in [0, 0.05) is 6.61 Å². The lowest BCUT2D eigenvalue weighted by atomic mass is 10.0. The van der Waals surface area contributed by atoms with E-state index in [1.54, 1.807) is 0 Å². The summed E-state index contributed by atoms with van der Waals surface area (Å²) in [7, 11) is 0. The van der Waals surface area contributed by atoms with Gasteiger partial charge in [-0.05, 0) is 18.8 Å². The van der Waals surface area contributed by atoms with Gasteiger partial charge < -0.3 is 9.84 Å². The van der Waals surface area contributed by atoms with Crippen molar-refractivity contribution in [3.05, 3.63) is 0 Å². The van der Waals surface area contributed by atoms with Crippen LogP contribution in [0.1, 0.15) is 52.9 Å². The summed E-state index contributed by atoms with van der Waals surface area (Å²) in [6.45, 7) is 7.80. The summed E-state index contributed by atoms with van der Waals surface area (Å²) in [5.74, 6) is 0.844. The smallest absolute Gasteiger partial charge is 0.0771 e. The fourth-order valence-corrected chi connectivity index (χ4v) is 1.24. The zero-order valence-corrected chi connectivity index (χ0v) is 9.96. The van der Waals surface area contributed by atoms with E-state index < -0.39 is 0 Å². The normalized spacial score (nSPS) is 15.4. The first-order valence-corrected chi connectivity index (χ1v) is 5.96. The Bertz CT molecular complexity index is 101. The molecule has 0 aliphatic carbocycles. The van der Waals surface area contributed by atoms with Crippen LogP contribution in [0.2, 0.25) is 0 Å². The molecule has 2 nitrogen and oxygen atoms in total. The van der Waals surface area contributed by atoms with E-state index in [1.165, 1.54) is 19.3 Å². The van der Waals surface area contributed by atoms with Crippen molar-refractivity contribution in [1.29, 1.82) is 0 Å². The maximum Gasteiger partial charge on any atom is 0.0771 e. The second-order valence-electron chi connectivity index (χ2n) is 4.15. The van der Waals surface area contributed by atoms with E-state index in [9.17, 15) is 5.11 Å². The number of hydrogen-bond donors (Lipinski definition) is 1. The van der Waals surface area contributed by atoms with Crippen LogP contribution in [-0.2, 0) is 4.74 Å². The van der Waals surface area contributed by atoms with Crippen molar-refractivity contribution in [1.82, 2.24) is 0 Å². The van der Waals surface area contributed by atoms with Crippen molar-refractivity contribution < 1.29 is 9.84 Å². The lowest BCUT2D eigenvalue weighted by Gasteiger charge is -2.10. The van der Waals surface area contributed by atoms with Gasteiger partial charge >= 0.3 is 0 Å². The SMILES string of the molecule is CCC(C)CCCCOCC(O)CC. The highest BCUT2D eigenvalue weighted by molar-refractivity contribution is 4.51. The molecule has 0 rings (SSSR count). The molecule has 0 fully saturated rings. The molecule has 0 amide bonds. The van der Waals surface area contributed by atoms with Crippen LogP contribution in [0.15, 0.2) is 0 Å². The molecule has 0 saturated heterocycles. The Balaban J connectivity index is 3.06. The third-order valence-electron chi connectivity index (χ3n) is 2.71. The molecule has 14 heavy (non-hydrogen) atoms. The van der Waals surface area contributed by atoms with Crippen LogP contribution in [0.4, 0.5) is 0 Å². The first-order chi connectivity index (χ1) is 6.70. The molecule has 0 radical (unpaired) electrons. The number of ether oxygens (including phenoxy) is 1. The second kappa shape index (κ2) is 9.47. The summed E-state index contributed by atoms with van der Waals surface area (Å²) < 4.78 is 5.35. The summed E-state index contributed by atoms with van der Waals surface area (Å²) >= 11 is 0. The van der Waals surface area contributed by atoms with E-state index >= 15 is 0 Å². The molecule has 2 heteroatoms. The fraction of sp³-hybridized carbons (Fsp3) is 1.00. The van der Waals surface area contributed by atoms with E-state index in [1.807, 2.05) is 6.92 Å². The predicted octanol–water partition coefficient (Wildman–Crippen LogP) is 2.99. The zero-order valence-electron chi connectivity index (χ0n) is 9.96. The maximum atomic E-state index is 9.22. The number of unbranched alkanes of at least 4 members (excludes halogenated alkanes) is 1. The minimum absolute atomic E-state index is 0.274. The molecule has 0 aromatic carbocycles. The number of rotatable bonds is 9. The van der Waals surface area contributed by atoms with Crippen LogP contribution < -0.4 is 0 Å². The van der Waals surface area contributed by atoms with Crippen molar-refractivity contribution in [2.45, 2.75) is 59.0 Å². The Morgan fingerprint density at radius 2 is 1.86 bits per heavy atom. The topological polar surface area (TPSA) is 29.5 Å². The summed E-state index contributed by atoms with van der Waals surface area (Å²) in [6, 6.07) is 0. The first kappa shape index (κ1) is 13.9. The summed E-state index contributed by atoms with van der Waals surface area (Å²) in [5.41, 5.74) is 0. The van der Waals surface area contributed by atoms with Crippen molar-refractivity contribution in [3.63, 3.8) is 0 Å². The van der Waals surface area contributed by atoms with Gasteiger partial charge in [0.05, 0.1) is 12.7 Å². The highest BCUT2D eigenvalue weighted by atomic mass is 16.5. The van der Waals surface area contributed by atoms with Gasteiger partial charge in [-0.3, -0.25) is 0 Å². The molecule has 0 aliphatic heterocycles. The third-order valence-corrected chi connectivity index (χ3v) is 2.71. The molecule has 0 heterocycles. The number of aliphatic hydroxyl groups excluding tert-OH is 1. The van der Waals surface area contributed by atoms with Gasteiger partial charge in [-0.25, -0.2) is 0 Å². The minimum Gasteiger partial charge on any atom is -0.391 e. The molecule has 1 N–H and O–H groups in total. The highest BCUT2D eigenvalue weighted by Crippen LogP contribution is 2.10. The largest absolute Gasteiger partial charge is 0.391 e. The van der Waals surface area contributed by atoms with E-state index in [0.29, 0.717) is 6.61 Å². The molecule has 86 valence electrons. The van der Waals surface area contributed by atoms with Crippen molar-refractivity contribution in [2.75, 3.05) is 13.2 Å². The molecule has 0 aromatic heterocycles. The minimum atomic E-state index is -0.274. The van der Waals surface area contributed by atoms with Crippen LogP contribution >= 0.6 is 0 Å². The summed E-state index contributed by atoms with van der Waals surface area (Å²) in [6.07, 6.45) is 5.46. The average molecular weight is 202 g/mol. The molecule has 2 unspecified atom stereocenters. The maximum absolute atomic E-state index is 9.22. The van der Waals surface area contributed by atoms with Crippen molar-refractivity contribution in [2.24, 2.45) is 5.92 Å². The lowest BCUT2D eigenvalue weighted by molar-refractivity contribution is 0.0332. The highest BCUT2D eigenvalue weighted by Gasteiger charge is 2.00. The Morgan fingerprint density at radius 3 is 2.43 bits per heavy atom. The van der Waals surface area contributed by atoms with Gasteiger partial charge in [0.1, 0.15) is 0 Å². The fourth-order valence-electron chi connectivity index (χ4n) is 1.24. The van der Waals surface area contributed by atoms with Crippen molar-refractivity contribution in [3.8, 4) is 0 Å². The average Bonchev–Trinajstić information content (AvgIpc) is 2.22. The molecule has 0 bridgehead atoms. The Kier molecular flexibility index (Phi) is 9.42. The van der Waals surface area contributed by atoms with Crippen LogP contribution in [0, 0.1) is 5.92 Å². The van der Waals surface area contributed by atoms with Gasteiger partial charge in [0.15, 0.2) is 0 Å². The van der Waals surface area contributed by atoms with E-state index in [2.05, 4.69) is 13.8 Å². The molecule has 0 aromatic rings. The molecular formula is C12H26O2. The van der Waals surface area contributed by atoms with Crippen LogP contribution in [0.5, 0.6) is 0 Å². The van der Waals surface area contributed by atoms with Crippen molar-refractivity contribution >= 4 is 0 Å². The predicted molar refractivity (Wildman–Crippen MR) is 60.4 cm³/mol. The summed E-state index contributed by atoms with van der Waals surface area (Å²) in [5, 5.41) is 9.22. The standard InChI is InChI=1S/C12H26O2/c1-4-11(3)8-6-7-9-14-10-12(13)5-2/h11-13H,4-10H2,1-3H3. The van der Waals surface area contributed by atoms with Gasteiger partial charge in [-0.1, -0.05) is 40.0 Å². The molecule has 0 aliphatic rings. The molecule has 2 atom stereocenters. The van der Waals surface area contributed by atoms with Gasteiger partial charge in [0.25, 0.3) is 0 Å². The zero-order chi connectivity index (χ0) is 10.8. The molecular weight excluding hydrogens is 176 g/mol. The van der Waals surface area contributed by atoms with Gasteiger partial charge in [-0.2, -0.15) is 0 Å². The molecule has 0 spiro atoms. The van der Waals surface area contributed by atoms with Crippen LogP contribution in [-0.4, -0.2) is 24.4 Å². The monoisotopic (exact) mass is 202 g/mol. The quantitative estimate of drug-likeness (QED) is 0.582. The van der Waals surface area contributed by atoms with Gasteiger partial charge in [0.2, 0.25) is 0 Å². The van der Waals surface area contributed by atoms with E-state index in [0.717, 1.165) is 25.4 Å². The first-order valence-electron chi connectivity index (χ1n) is 5.96. The molecule has 0 saturated carbocycles. The Morgan fingerprint density at radius 1 is 1.14 bits per heavy atom. The number of hydrogen-bond acceptors (Lipinski definition) is 2. The van der Waals surface area contributed by atoms with E-state index in [4.69, 9.17) is 4.74 Å². The lowest BCUT2D eigenvalue weighted by Crippen LogP contribution is -2.14. The van der Waals surface area contributed by atoms with Crippen LogP contribution in [0.25, 0.3) is 0 Å². The van der Waals surface area contributed by atoms with Crippen LogP contribution in [0.3, 0.4) is 0 Å². The van der Waals surface area contributed by atoms with Gasteiger partial charge in [-0.15, -0.1) is 0 Å². The Labute approximate surface area is 88.7 Å². The van der Waals surface area contributed by atoms with E-state index in [-0.39, 0.29) is 6.10 Å². The summed E-state index contributed by atoms with van der Waals surface area (Å²) in [4.78, 5) is 0. The Hall–Kier alpha value is -0.0800. The second-order valence-corrected chi connectivity index (χ2v) is 4.15. The third kappa shape index (κ3) is 8.52.